The topological polar surface area (TPSA) is 49.7 Å². The molecule has 1 heterocycles. The summed E-state index contributed by atoms with van der Waals surface area (Å²) in [6.45, 7) is 4.30. The van der Waals surface area contributed by atoms with Crippen molar-refractivity contribution in [2.45, 2.75) is 32.1 Å². The molecule has 0 amide bonds. The van der Waals surface area contributed by atoms with Crippen LogP contribution in [-0.2, 0) is 5.41 Å². The summed E-state index contributed by atoms with van der Waals surface area (Å²) < 4.78 is 5.81. The van der Waals surface area contributed by atoms with Gasteiger partial charge in [-0.25, -0.2) is 0 Å². The maximum atomic E-state index is 9.62. The van der Waals surface area contributed by atoms with Crippen molar-refractivity contribution in [3.05, 3.63) is 46.9 Å². The summed E-state index contributed by atoms with van der Waals surface area (Å²) in [5.41, 5.74) is 2.15. The van der Waals surface area contributed by atoms with Crippen molar-refractivity contribution < 1.29 is 14.9 Å². The number of phenols is 1. The van der Waals surface area contributed by atoms with E-state index in [1.54, 1.807) is 18.2 Å². The summed E-state index contributed by atoms with van der Waals surface area (Å²) in [5, 5.41) is 19.2. The van der Waals surface area contributed by atoms with Crippen LogP contribution in [0.2, 0.25) is 0 Å². The van der Waals surface area contributed by atoms with Gasteiger partial charge in [0.15, 0.2) is 0 Å². The van der Waals surface area contributed by atoms with Crippen LogP contribution in [0.3, 0.4) is 0 Å². The van der Waals surface area contributed by atoms with E-state index in [0.717, 1.165) is 17.7 Å². The van der Waals surface area contributed by atoms with Crippen LogP contribution in [-0.4, -0.2) is 10.2 Å². The molecule has 18 heavy (non-hydrogen) atoms. The quantitative estimate of drug-likeness (QED) is 0.733. The van der Waals surface area contributed by atoms with E-state index in [4.69, 9.17) is 4.74 Å². The molecule has 0 bridgehead atoms. The number of benzene rings is 1. The van der Waals surface area contributed by atoms with E-state index in [0.29, 0.717) is 17.9 Å². The van der Waals surface area contributed by atoms with Crippen LogP contribution in [0.4, 0.5) is 0 Å². The van der Waals surface area contributed by atoms with Gasteiger partial charge >= 0.3 is 0 Å². The molecule has 0 saturated carbocycles. The van der Waals surface area contributed by atoms with Gasteiger partial charge in [-0.05, 0) is 18.1 Å². The Bertz CT molecular complexity index is 579. The lowest BCUT2D eigenvalue weighted by Gasteiger charge is -2.37. The molecule has 3 heteroatoms. The molecule has 1 aliphatic heterocycles. The summed E-state index contributed by atoms with van der Waals surface area (Å²) in [4.78, 5) is 0. The molecule has 2 aliphatic rings. The average Bonchev–Trinajstić information content (AvgIpc) is 2.27. The van der Waals surface area contributed by atoms with Gasteiger partial charge in [-0.1, -0.05) is 19.9 Å². The van der Waals surface area contributed by atoms with Gasteiger partial charge < -0.3 is 14.9 Å². The third-order valence-electron chi connectivity index (χ3n) is 3.84. The molecule has 0 spiro atoms. The highest BCUT2D eigenvalue weighted by molar-refractivity contribution is 5.54. The van der Waals surface area contributed by atoms with Gasteiger partial charge in [0, 0.05) is 29.5 Å². The molecule has 3 rings (SSSR count). The number of aromatic hydroxyl groups is 1. The summed E-state index contributed by atoms with van der Waals surface area (Å²) in [7, 11) is 0. The van der Waals surface area contributed by atoms with Crippen molar-refractivity contribution in [2.24, 2.45) is 0 Å². The standard InChI is InChI=1S/C15H16O3/c1-15(2)11-5-3-9(16)7-13(11)18-14-8-10(17)4-6-12(14)15/h3,5,7-8,16-17H,4,6H2,1-2H3. The molecule has 1 aliphatic carbocycles. The van der Waals surface area contributed by atoms with Crippen LogP contribution >= 0.6 is 0 Å². The fourth-order valence-corrected chi connectivity index (χ4v) is 2.79. The Morgan fingerprint density at radius 1 is 1.17 bits per heavy atom. The molecule has 1 aromatic rings. The molecule has 0 saturated heterocycles. The predicted molar refractivity (Wildman–Crippen MR) is 68.7 cm³/mol. The third kappa shape index (κ3) is 1.50. The summed E-state index contributed by atoms with van der Waals surface area (Å²) in [6.07, 6.45) is 3.16. The number of aliphatic hydroxyl groups excluding tert-OH is 1. The van der Waals surface area contributed by atoms with Crippen LogP contribution in [0.15, 0.2) is 41.4 Å². The molecule has 94 valence electrons. The Kier molecular flexibility index (Phi) is 2.21. The molecule has 3 nitrogen and oxygen atoms in total. The molecule has 1 aromatic carbocycles. The second-order valence-corrected chi connectivity index (χ2v) is 5.39. The minimum absolute atomic E-state index is 0.131. The zero-order valence-electron chi connectivity index (χ0n) is 10.5. The SMILES string of the molecule is CC1(C)C2=C(C=C(O)CC2)Oc2cc(O)ccc21. The van der Waals surface area contributed by atoms with Crippen molar-refractivity contribution in [1.82, 2.24) is 0 Å². The van der Waals surface area contributed by atoms with E-state index in [-0.39, 0.29) is 11.2 Å². The molecular weight excluding hydrogens is 228 g/mol. The van der Waals surface area contributed by atoms with E-state index >= 15 is 0 Å². The molecule has 2 N–H and O–H groups in total. The highest BCUT2D eigenvalue weighted by Crippen LogP contribution is 2.48. The van der Waals surface area contributed by atoms with Gasteiger partial charge in [0.05, 0.1) is 5.76 Å². The van der Waals surface area contributed by atoms with Gasteiger partial charge in [0.1, 0.15) is 17.3 Å². The molecular formula is C15H16O3. The molecule has 0 aromatic heterocycles. The fourth-order valence-electron chi connectivity index (χ4n) is 2.79. The normalized spacial score (nSPS) is 20.7. The second-order valence-electron chi connectivity index (χ2n) is 5.39. The van der Waals surface area contributed by atoms with Crippen LogP contribution < -0.4 is 4.74 Å². The summed E-state index contributed by atoms with van der Waals surface area (Å²) >= 11 is 0. The lowest BCUT2D eigenvalue weighted by molar-refractivity contribution is 0.332. The number of aliphatic hydroxyl groups is 1. The third-order valence-corrected chi connectivity index (χ3v) is 3.84. The van der Waals surface area contributed by atoms with Crippen LogP contribution in [0.5, 0.6) is 11.5 Å². The number of ether oxygens (including phenoxy) is 1. The maximum absolute atomic E-state index is 9.62. The van der Waals surface area contributed by atoms with Crippen molar-refractivity contribution in [1.29, 1.82) is 0 Å². The Morgan fingerprint density at radius 3 is 2.72 bits per heavy atom. The van der Waals surface area contributed by atoms with Crippen molar-refractivity contribution >= 4 is 0 Å². The first kappa shape index (κ1) is 11.2. The number of rotatable bonds is 0. The minimum Gasteiger partial charge on any atom is -0.512 e. The van der Waals surface area contributed by atoms with E-state index < -0.39 is 0 Å². The number of hydrogen-bond donors (Lipinski definition) is 2. The van der Waals surface area contributed by atoms with Crippen LogP contribution in [0.1, 0.15) is 32.3 Å². The first-order valence-electron chi connectivity index (χ1n) is 6.13. The number of phenolic OH excluding ortho intramolecular Hbond substituents is 1. The first-order chi connectivity index (χ1) is 8.48. The Balaban J connectivity index is 2.18. The van der Waals surface area contributed by atoms with Crippen molar-refractivity contribution in [2.75, 3.05) is 0 Å². The Hall–Kier alpha value is -1.90. The summed E-state index contributed by atoms with van der Waals surface area (Å²) in [5.74, 6) is 1.94. The van der Waals surface area contributed by atoms with Gasteiger partial charge in [0.2, 0.25) is 0 Å². The fraction of sp³-hybridized carbons (Fsp3) is 0.333. The number of fused-ring (bicyclic) bond motifs is 1. The van der Waals surface area contributed by atoms with Gasteiger partial charge in [0.25, 0.3) is 0 Å². The van der Waals surface area contributed by atoms with E-state index in [1.807, 2.05) is 6.07 Å². The maximum Gasteiger partial charge on any atom is 0.135 e. The van der Waals surface area contributed by atoms with Crippen LogP contribution in [0.25, 0.3) is 0 Å². The lowest BCUT2D eigenvalue weighted by Crippen LogP contribution is -2.29. The average molecular weight is 244 g/mol. The molecule has 0 unspecified atom stereocenters. The molecule has 0 radical (unpaired) electrons. The van der Waals surface area contributed by atoms with Gasteiger partial charge in [-0.2, -0.15) is 0 Å². The highest BCUT2D eigenvalue weighted by Gasteiger charge is 2.37. The largest absolute Gasteiger partial charge is 0.512 e. The van der Waals surface area contributed by atoms with Gasteiger partial charge in [-0.3, -0.25) is 0 Å². The Morgan fingerprint density at radius 2 is 1.94 bits per heavy atom. The highest BCUT2D eigenvalue weighted by atomic mass is 16.5. The Labute approximate surface area is 106 Å². The summed E-state index contributed by atoms with van der Waals surface area (Å²) in [6, 6.07) is 5.22. The zero-order chi connectivity index (χ0) is 12.9. The minimum atomic E-state index is -0.131. The van der Waals surface area contributed by atoms with Crippen LogP contribution in [0, 0.1) is 0 Å². The number of hydrogen-bond acceptors (Lipinski definition) is 3. The first-order valence-corrected chi connectivity index (χ1v) is 6.13. The monoisotopic (exact) mass is 244 g/mol. The van der Waals surface area contributed by atoms with Crippen molar-refractivity contribution in [3.63, 3.8) is 0 Å². The van der Waals surface area contributed by atoms with E-state index in [2.05, 4.69) is 13.8 Å². The molecule has 0 atom stereocenters. The van der Waals surface area contributed by atoms with Gasteiger partial charge in [-0.15, -0.1) is 0 Å². The van der Waals surface area contributed by atoms with E-state index in [1.165, 1.54) is 5.57 Å². The van der Waals surface area contributed by atoms with E-state index in [9.17, 15) is 10.2 Å². The molecule has 0 fully saturated rings. The lowest BCUT2D eigenvalue weighted by atomic mass is 9.72. The predicted octanol–water partition coefficient (Wildman–Crippen LogP) is 3.55. The van der Waals surface area contributed by atoms with Crippen molar-refractivity contribution in [3.8, 4) is 11.5 Å². The zero-order valence-corrected chi connectivity index (χ0v) is 10.5. The number of allylic oxidation sites excluding steroid dienone is 3. The smallest absolute Gasteiger partial charge is 0.135 e. The second kappa shape index (κ2) is 3.55.